The predicted molar refractivity (Wildman–Crippen MR) is 228 cm³/mol. The average molecular weight is 717 g/mol. The zero-order valence-electron chi connectivity index (χ0n) is 30.2. The molecule has 0 radical (unpaired) electrons. The summed E-state index contributed by atoms with van der Waals surface area (Å²) in [7, 11) is 0. The first-order valence-electron chi connectivity index (χ1n) is 18.7. The molecule has 0 bridgehead atoms. The molecule has 11 aromatic rings. The fourth-order valence-corrected chi connectivity index (χ4v) is 8.04. The number of aromatic nitrogens is 6. The summed E-state index contributed by atoms with van der Waals surface area (Å²) >= 11 is 0. The fourth-order valence-electron chi connectivity index (χ4n) is 8.04. The lowest BCUT2D eigenvalue weighted by Crippen LogP contribution is -2.06. The van der Waals surface area contributed by atoms with Gasteiger partial charge in [-0.05, 0) is 35.2 Å². The molecule has 11 rings (SSSR count). The average Bonchev–Trinajstić information content (AvgIpc) is 3.84. The molecule has 0 unspecified atom stereocenters. The first-order chi connectivity index (χ1) is 27.8. The molecule has 0 saturated heterocycles. The topological polar surface area (TPSA) is 60.9 Å². The number of nitrogens with zero attached hydrogens (tertiary/aromatic N) is 6. The van der Waals surface area contributed by atoms with Gasteiger partial charge in [0.2, 0.25) is 5.95 Å². The van der Waals surface area contributed by atoms with Gasteiger partial charge in [-0.25, -0.2) is 9.50 Å². The summed E-state index contributed by atoms with van der Waals surface area (Å²) in [5.41, 5.74) is 11.1. The molecule has 4 heterocycles. The number of para-hydroxylation sites is 2. The van der Waals surface area contributed by atoms with Crippen LogP contribution in [0.25, 0.3) is 100 Å². The predicted octanol–water partition coefficient (Wildman–Crippen LogP) is 12.1. The highest BCUT2D eigenvalue weighted by molar-refractivity contribution is 6.10. The van der Waals surface area contributed by atoms with Crippen LogP contribution in [0.15, 0.2) is 194 Å². The van der Waals surface area contributed by atoms with Gasteiger partial charge >= 0.3 is 0 Å². The molecule has 0 aliphatic rings. The van der Waals surface area contributed by atoms with Gasteiger partial charge in [-0.3, -0.25) is 4.57 Å². The zero-order valence-corrected chi connectivity index (χ0v) is 30.2. The van der Waals surface area contributed by atoms with E-state index in [0.717, 1.165) is 82.9 Å². The Hall–Kier alpha value is -7.70. The Morgan fingerprint density at radius 1 is 0.375 bits per heavy atom. The van der Waals surface area contributed by atoms with E-state index in [-0.39, 0.29) is 0 Å². The van der Waals surface area contributed by atoms with Gasteiger partial charge in [-0.15, -0.1) is 0 Å². The first-order valence-corrected chi connectivity index (χ1v) is 18.7. The number of rotatable bonds is 6. The summed E-state index contributed by atoms with van der Waals surface area (Å²) in [6, 6.07) is 67.3. The summed E-state index contributed by atoms with van der Waals surface area (Å²) in [5, 5.41) is 10.00. The van der Waals surface area contributed by atoms with E-state index in [1.165, 1.54) is 0 Å². The van der Waals surface area contributed by atoms with E-state index >= 15 is 0 Å². The minimum atomic E-state index is 0.567. The Labute approximate surface area is 322 Å². The lowest BCUT2D eigenvalue weighted by atomic mass is 9.97. The van der Waals surface area contributed by atoms with Crippen molar-refractivity contribution in [1.82, 2.24) is 29.1 Å². The molecular weight excluding hydrogens is 685 g/mol. The molecule has 0 saturated carbocycles. The van der Waals surface area contributed by atoms with Crippen LogP contribution in [-0.4, -0.2) is 29.1 Å². The second kappa shape index (κ2) is 13.0. The van der Waals surface area contributed by atoms with Crippen molar-refractivity contribution in [3.05, 3.63) is 194 Å². The van der Waals surface area contributed by atoms with E-state index < -0.39 is 0 Å². The van der Waals surface area contributed by atoms with Gasteiger partial charge in [0, 0.05) is 44.0 Å². The number of hydrogen-bond acceptors (Lipinski definition) is 4. The van der Waals surface area contributed by atoms with Crippen molar-refractivity contribution in [2.45, 2.75) is 0 Å². The lowest BCUT2D eigenvalue weighted by molar-refractivity contribution is 0.953. The smallest absolute Gasteiger partial charge is 0.238 e. The number of hydrogen-bond donors (Lipinski definition) is 0. The SMILES string of the molecule is c1ccc(-c2nc(-c3cccc(-c4cc5ccccc5c5c(-c6ccccc6)c(-c6ccccc6)nn45)c3)nc(-n3c4ccccc4c4ccccc43)n2)cc1. The van der Waals surface area contributed by atoms with Crippen molar-refractivity contribution in [1.29, 1.82) is 0 Å². The van der Waals surface area contributed by atoms with Crippen LogP contribution >= 0.6 is 0 Å². The third-order valence-corrected chi connectivity index (χ3v) is 10.6. The van der Waals surface area contributed by atoms with Crippen LogP contribution in [0.3, 0.4) is 0 Å². The van der Waals surface area contributed by atoms with E-state index in [4.69, 9.17) is 20.1 Å². The standard InChI is InChI=1S/C50H32N6/c1-4-17-33(18-5-1)45-46(34-19-6-2-7-20-34)54-56-44(32-36-23-10-11-26-39(36)47(45)56)37-24-16-25-38(31-37)49-51-48(35-21-8-3-9-22-35)52-50(53-49)55-42-29-14-12-27-40(42)41-28-13-15-30-43(41)55/h1-32H. The van der Waals surface area contributed by atoms with Crippen LogP contribution in [0.2, 0.25) is 0 Å². The normalized spacial score (nSPS) is 11.6. The van der Waals surface area contributed by atoms with Gasteiger partial charge in [0.1, 0.15) is 5.69 Å². The molecule has 0 N–H and O–H groups in total. The van der Waals surface area contributed by atoms with Crippen LogP contribution in [0.4, 0.5) is 0 Å². The molecule has 7 aromatic carbocycles. The molecular formula is C50H32N6. The Kier molecular flexibility index (Phi) is 7.38. The van der Waals surface area contributed by atoms with Crippen molar-refractivity contribution in [3.8, 4) is 62.4 Å². The van der Waals surface area contributed by atoms with Gasteiger partial charge < -0.3 is 0 Å². The van der Waals surface area contributed by atoms with Crippen LogP contribution in [0.5, 0.6) is 0 Å². The Balaban J connectivity index is 1.16. The quantitative estimate of drug-likeness (QED) is 0.172. The lowest BCUT2D eigenvalue weighted by Gasteiger charge is -2.13. The Morgan fingerprint density at radius 3 is 1.57 bits per heavy atom. The highest BCUT2D eigenvalue weighted by Gasteiger charge is 2.22. The van der Waals surface area contributed by atoms with E-state index in [9.17, 15) is 0 Å². The molecule has 6 nitrogen and oxygen atoms in total. The third kappa shape index (κ3) is 5.19. The van der Waals surface area contributed by atoms with Crippen LogP contribution in [-0.2, 0) is 0 Å². The summed E-state index contributed by atoms with van der Waals surface area (Å²) in [6.07, 6.45) is 0. The van der Waals surface area contributed by atoms with Crippen LogP contribution in [0.1, 0.15) is 0 Å². The van der Waals surface area contributed by atoms with E-state index in [2.05, 4.69) is 167 Å². The molecule has 6 heteroatoms. The first kappa shape index (κ1) is 31.8. The van der Waals surface area contributed by atoms with E-state index in [1.807, 2.05) is 36.4 Å². The second-order valence-electron chi connectivity index (χ2n) is 13.9. The molecule has 56 heavy (non-hydrogen) atoms. The number of pyridine rings is 1. The van der Waals surface area contributed by atoms with Crippen molar-refractivity contribution >= 4 is 38.1 Å². The number of fused-ring (bicyclic) bond motifs is 6. The van der Waals surface area contributed by atoms with E-state index in [1.54, 1.807) is 0 Å². The minimum absolute atomic E-state index is 0.567. The van der Waals surface area contributed by atoms with Gasteiger partial charge in [0.15, 0.2) is 11.6 Å². The van der Waals surface area contributed by atoms with Crippen molar-refractivity contribution < 1.29 is 0 Å². The minimum Gasteiger partial charge on any atom is -0.278 e. The summed E-state index contributed by atoms with van der Waals surface area (Å²) in [5.74, 6) is 1.76. The van der Waals surface area contributed by atoms with Crippen LogP contribution in [0, 0.1) is 0 Å². The summed E-state index contributed by atoms with van der Waals surface area (Å²) in [4.78, 5) is 15.5. The Bertz CT molecular complexity index is 3190. The molecule has 262 valence electrons. The molecule has 0 atom stereocenters. The van der Waals surface area contributed by atoms with Gasteiger partial charge in [0.25, 0.3) is 0 Å². The Morgan fingerprint density at radius 2 is 0.893 bits per heavy atom. The molecule has 0 aliphatic carbocycles. The van der Waals surface area contributed by atoms with Crippen LogP contribution < -0.4 is 0 Å². The van der Waals surface area contributed by atoms with Gasteiger partial charge in [-0.2, -0.15) is 15.1 Å². The molecule has 4 aromatic heterocycles. The summed E-state index contributed by atoms with van der Waals surface area (Å²) in [6.45, 7) is 0. The highest BCUT2D eigenvalue weighted by Crippen LogP contribution is 2.41. The maximum absolute atomic E-state index is 5.42. The fraction of sp³-hybridized carbons (Fsp3) is 0. The molecule has 0 aliphatic heterocycles. The van der Waals surface area contributed by atoms with Gasteiger partial charge in [0.05, 0.1) is 22.2 Å². The molecule has 0 fully saturated rings. The molecule has 0 amide bonds. The maximum Gasteiger partial charge on any atom is 0.238 e. The van der Waals surface area contributed by atoms with Gasteiger partial charge in [-0.1, -0.05) is 170 Å². The second-order valence-corrected chi connectivity index (χ2v) is 13.9. The zero-order chi connectivity index (χ0) is 37.0. The third-order valence-electron chi connectivity index (χ3n) is 10.6. The van der Waals surface area contributed by atoms with Crippen molar-refractivity contribution in [2.75, 3.05) is 0 Å². The maximum atomic E-state index is 5.42. The number of benzene rings is 7. The highest BCUT2D eigenvalue weighted by atomic mass is 15.2. The molecule has 0 spiro atoms. The summed E-state index contributed by atoms with van der Waals surface area (Å²) < 4.78 is 4.28. The van der Waals surface area contributed by atoms with Crippen molar-refractivity contribution in [3.63, 3.8) is 0 Å². The monoisotopic (exact) mass is 716 g/mol. The van der Waals surface area contributed by atoms with Crippen molar-refractivity contribution in [2.24, 2.45) is 0 Å². The van der Waals surface area contributed by atoms with E-state index in [0.29, 0.717) is 17.6 Å². The largest absolute Gasteiger partial charge is 0.278 e.